The van der Waals surface area contributed by atoms with Gasteiger partial charge in [0.2, 0.25) is 5.91 Å². The van der Waals surface area contributed by atoms with Crippen molar-refractivity contribution in [2.75, 3.05) is 24.5 Å². The van der Waals surface area contributed by atoms with E-state index in [-0.39, 0.29) is 24.0 Å². The van der Waals surface area contributed by atoms with E-state index in [0.717, 1.165) is 29.0 Å². The van der Waals surface area contributed by atoms with Crippen LogP contribution in [0.15, 0.2) is 42.5 Å². The molecule has 0 unspecified atom stereocenters. The minimum Gasteiger partial charge on any atom is -0.486 e. The van der Waals surface area contributed by atoms with E-state index in [9.17, 15) is 9.59 Å². The number of carbonyl (C=O) groups is 2. The molecule has 0 aromatic heterocycles. The number of hydrogen-bond donors (Lipinski definition) is 1. The number of benzene rings is 2. The second kappa shape index (κ2) is 9.82. The van der Waals surface area contributed by atoms with Gasteiger partial charge in [-0.25, -0.2) is 4.79 Å². The molecule has 0 bridgehead atoms. The van der Waals surface area contributed by atoms with Crippen LogP contribution in [0.25, 0.3) is 0 Å². The zero-order valence-corrected chi connectivity index (χ0v) is 19.4. The van der Waals surface area contributed by atoms with Crippen molar-refractivity contribution >= 4 is 29.2 Å². The summed E-state index contributed by atoms with van der Waals surface area (Å²) in [6, 6.07) is 13.4. The molecule has 2 aromatic rings. The molecule has 32 heavy (non-hydrogen) atoms. The number of piperidine rings is 1. The maximum atomic E-state index is 13.4. The highest BCUT2D eigenvalue weighted by molar-refractivity contribution is 6.30. The molecule has 1 saturated heterocycles. The molecule has 3 amide bonds. The highest BCUT2D eigenvalue weighted by Gasteiger charge is 2.34. The van der Waals surface area contributed by atoms with Crippen molar-refractivity contribution in [1.29, 1.82) is 0 Å². The highest BCUT2D eigenvalue weighted by atomic mass is 35.5. The van der Waals surface area contributed by atoms with Gasteiger partial charge in [0.1, 0.15) is 11.9 Å². The quantitative estimate of drug-likeness (QED) is 0.722. The summed E-state index contributed by atoms with van der Waals surface area (Å²) in [5.41, 5.74) is 2.95. The van der Waals surface area contributed by atoms with Crippen molar-refractivity contribution in [2.45, 2.75) is 45.8 Å². The zero-order valence-electron chi connectivity index (χ0n) is 18.6. The first-order valence-electron chi connectivity index (χ1n) is 11.3. The van der Waals surface area contributed by atoms with Gasteiger partial charge in [0.05, 0.1) is 12.2 Å². The van der Waals surface area contributed by atoms with E-state index in [1.54, 1.807) is 0 Å². The topological polar surface area (TPSA) is 61.9 Å². The number of nitrogens with one attached hydrogen (secondary N) is 1. The minimum atomic E-state index is -0.0750. The Labute approximate surface area is 194 Å². The molecule has 2 aliphatic heterocycles. The summed E-state index contributed by atoms with van der Waals surface area (Å²) in [5.74, 6) is 0.734. The molecular weight excluding hydrogens is 426 g/mol. The third-order valence-corrected chi connectivity index (χ3v) is 6.54. The van der Waals surface area contributed by atoms with Gasteiger partial charge >= 0.3 is 6.03 Å². The number of anilines is 1. The summed E-state index contributed by atoms with van der Waals surface area (Å²) in [4.78, 5) is 29.7. The Hall–Kier alpha value is -2.73. The first kappa shape index (κ1) is 22.5. The van der Waals surface area contributed by atoms with Gasteiger partial charge in [0, 0.05) is 30.6 Å². The number of fused-ring (bicyclic) bond motifs is 1. The van der Waals surface area contributed by atoms with Crippen LogP contribution in [0, 0.1) is 12.8 Å². The lowest BCUT2D eigenvalue weighted by Crippen LogP contribution is -2.52. The van der Waals surface area contributed by atoms with Crippen LogP contribution >= 0.6 is 11.6 Å². The molecule has 170 valence electrons. The number of amides is 3. The average Bonchev–Trinajstić information content (AvgIpc) is 2.82. The molecule has 0 saturated carbocycles. The number of carbonyl (C=O) groups excluding carboxylic acids is 2. The smallest absolute Gasteiger partial charge is 0.324 e. The third kappa shape index (κ3) is 5.01. The normalized spacial score (nSPS) is 18.7. The van der Waals surface area contributed by atoms with E-state index in [4.69, 9.17) is 16.3 Å². The van der Waals surface area contributed by atoms with Gasteiger partial charge in [0.15, 0.2) is 0 Å². The molecular formula is C25H30ClN3O3. The molecule has 6 nitrogen and oxygen atoms in total. The molecule has 4 rings (SSSR count). The van der Waals surface area contributed by atoms with E-state index in [0.29, 0.717) is 44.0 Å². The van der Waals surface area contributed by atoms with E-state index in [1.165, 1.54) is 0 Å². The summed E-state index contributed by atoms with van der Waals surface area (Å²) < 4.78 is 6.05. The van der Waals surface area contributed by atoms with Crippen LogP contribution in [0.3, 0.4) is 0 Å². The molecule has 0 aliphatic carbocycles. The van der Waals surface area contributed by atoms with Gasteiger partial charge in [-0.2, -0.15) is 0 Å². The van der Waals surface area contributed by atoms with Gasteiger partial charge in [-0.05, 0) is 61.6 Å². The largest absolute Gasteiger partial charge is 0.486 e. The van der Waals surface area contributed by atoms with Crippen LogP contribution in [0.1, 0.15) is 37.3 Å². The predicted octanol–water partition coefficient (Wildman–Crippen LogP) is 4.77. The lowest BCUT2D eigenvalue weighted by molar-refractivity contribution is -0.126. The summed E-state index contributed by atoms with van der Waals surface area (Å²) >= 11 is 5.91. The second-order valence-electron chi connectivity index (χ2n) is 8.62. The van der Waals surface area contributed by atoms with Crippen molar-refractivity contribution < 1.29 is 14.3 Å². The summed E-state index contributed by atoms with van der Waals surface area (Å²) in [5, 5.41) is 3.70. The van der Waals surface area contributed by atoms with Crippen LogP contribution < -0.4 is 15.0 Å². The molecule has 2 heterocycles. The van der Waals surface area contributed by atoms with Crippen molar-refractivity contribution in [3.63, 3.8) is 0 Å². The minimum absolute atomic E-state index is 0.00128. The summed E-state index contributed by atoms with van der Waals surface area (Å²) in [7, 11) is 0. The fraction of sp³-hybridized carbons (Fsp3) is 0.440. The molecule has 0 radical (unpaired) electrons. The standard InChI is InChI=1S/C25H30ClN3O3/c1-3-21-16-29(22-14-17(2)4-9-23(22)32-21)25(31)28-12-10-19(11-13-28)24(30)27-15-18-5-7-20(26)8-6-18/h4-9,14,19,21H,3,10-13,15-16H2,1-2H3,(H,27,30)/t21-/m0/s1. The summed E-state index contributed by atoms with van der Waals surface area (Å²) in [6.07, 6.45) is 2.17. The maximum Gasteiger partial charge on any atom is 0.324 e. The second-order valence-corrected chi connectivity index (χ2v) is 9.05. The molecule has 7 heteroatoms. The van der Waals surface area contributed by atoms with Crippen molar-refractivity contribution in [3.05, 3.63) is 58.6 Å². The van der Waals surface area contributed by atoms with Gasteiger partial charge in [-0.15, -0.1) is 0 Å². The SMILES string of the molecule is CC[C@H]1CN(C(=O)N2CCC(C(=O)NCc3ccc(Cl)cc3)CC2)c2cc(C)ccc2O1. The maximum absolute atomic E-state index is 13.4. The number of nitrogens with zero attached hydrogens (tertiary/aromatic N) is 2. The van der Waals surface area contributed by atoms with Gasteiger partial charge in [-0.1, -0.05) is 36.7 Å². The zero-order chi connectivity index (χ0) is 22.7. The fourth-order valence-electron chi connectivity index (χ4n) is 4.29. The number of ether oxygens (including phenoxy) is 1. The van der Waals surface area contributed by atoms with Crippen LogP contribution in [0.2, 0.25) is 5.02 Å². The van der Waals surface area contributed by atoms with Gasteiger partial charge < -0.3 is 15.0 Å². The van der Waals surface area contributed by atoms with Gasteiger partial charge in [0.25, 0.3) is 0 Å². The Morgan fingerprint density at radius 1 is 1.12 bits per heavy atom. The van der Waals surface area contributed by atoms with Crippen molar-refractivity contribution in [3.8, 4) is 5.75 Å². The first-order valence-corrected chi connectivity index (χ1v) is 11.7. The first-order chi connectivity index (χ1) is 15.4. The lowest BCUT2D eigenvalue weighted by atomic mass is 9.96. The Kier molecular flexibility index (Phi) is 6.89. The van der Waals surface area contributed by atoms with Crippen LogP contribution in [-0.2, 0) is 11.3 Å². The van der Waals surface area contributed by atoms with E-state index in [2.05, 4.69) is 12.2 Å². The van der Waals surface area contributed by atoms with Crippen molar-refractivity contribution in [2.24, 2.45) is 5.92 Å². The highest BCUT2D eigenvalue weighted by Crippen LogP contribution is 2.36. The Morgan fingerprint density at radius 2 is 1.84 bits per heavy atom. The monoisotopic (exact) mass is 455 g/mol. The molecule has 1 fully saturated rings. The lowest BCUT2D eigenvalue weighted by Gasteiger charge is -2.39. The Balaban J connectivity index is 1.34. The number of rotatable bonds is 4. The fourth-order valence-corrected chi connectivity index (χ4v) is 4.42. The van der Waals surface area contributed by atoms with Crippen LogP contribution in [0.4, 0.5) is 10.5 Å². The Bertz CT molecular complexity index is 971. The predicted molar refractivity (Wildman–Crippen MR) is 126 cm³/mol. The van der Waals surface area contributed by atoms with Crippen LogP contribution in [0.5, 0.6) is 5.75 Å². The molecule has 2 aliphatic rings. The number of halogens is 1. The number of urea groups is 1. The molecule has 1 N–H and O–H groups in total. The molecule has 0 spiro atoms. The van der Waals surface area contributed by atoms with Gasteiger partial charge in [-0.3, -0.25) is 9.69 Å². The summed E-state index contributed by atoms with van der Waals surface area (Å²) in [6.45, 7) is 6.27. The number of hydrogen-bond acceptors (Lipinski definition) is 3. The van der Waals surface area contributed by atoms with E-state index in [1.807, 2.05) is 59.2 Å². The molecule has 2 aromatic carbocycles. The number of likely N-dealkylation sites (tertiary alicyclic amines) is 1. The third-order valence-electron chi connectivity index (χ3n) is 6.29. The average molecular weight is 456 g/mol. The van der Waals surface area contributed by atoms with E-state index >= 15 is 0 Å². The molecule has 1 atom stereocenters. The van der Waals surface area contributed by atoms with E-state index < -0.39 is 0 Å². The number of aryl methyl sites for hydroxylation is 1. The van der Waals surface area contributed by atoms with Crippen LogP contribution in [-0.4, -0.2) is 42.6 Å². The van der Waals surface area contributed by atoms with Crippen molar-refractivity contribution in [1.82, 2.24) is 10.2 Å². The Morgan fingerprint density at radius 3 is 2.53 bits per heavy atom.